The lowest BCUT2D eigenvalue weighted by molar-refractivity contribution is -0.384. The molecule has 0 aliphatic carbocycles. The van der Waals surface area contributed by atoms with E-state index in [2.05, 4.69) is 0 Å². The van der Waals surface area contributed by atoms with Crippen LogP contribution in [0.2, 0.25) is 0 Å². The molecule has 0 spiro atoms. The fourth-order valence-electron chi connectivity index (χ4n) is 2.61. The molecule has 0 bridgehead atoms. The van der Waals surface area contributed by atoms with Crippen LogP contribution in [0.3, 0.4) is 0 Å². The van der Waals surface area contributed by atoms with Gasteiger partial charge in [-0.25, -0.2) is 4.79 Å². The van der Waals surface area contributed by atoms with Crippen molar-refractivity contribution in [3.63, 3.8) is 0 Å². The Kier molecular flexibility index (Phi) is 5.30. The molecular formula is C17H23N3O5. The van der Waals surface area contributed by atoms with E-state index in [9.17, 15) is 19.7 Å². The standard InChI is InChI=1S/C17H23N3O5/c1-12-9-18(16(22)25-17(2,3)4)11-15(21)19(12)10-13-5-7-14(8-6-13)20(23)24/h5-8,12H,9-11H2,1-4H3. The Hall–Kier alpha value is -2.64. The smallest absolute Gasteiger partial charge is 0.410 e. The number of non-ortho nitro benzene ring substituents is 1. The number of carbonyl (C=O) groups is 2. The highest BCUT2D eigenvalue weighted by molar-refractivity contribution is 5.84. The van der Waals surface area contributed by atoms with Gasteiger partial charge in [0.05, 0.1) is 4.92 Å². The van der Waals surface area contributed by atoms with E-state index in [1.165, 1.54) is 17.0 Å². The molecule has 0 aromatic heterocycles. The van der Waals surface area contributed by atoms with E-state index in [-0.39, 0.29) is 24.2 Å². The van der Waals surface area contributed by atoms with Crippen LogP contribution in [0.15, 0.2) is 24.3 Å². The summed E-state index contributed by atoms with van der Waals surface area (Å²) in [7, 11) is 0. The lowest BCUT2D eigenvalue weighted by Gasteiger charge is -2.39. The molecule has 1 unspecified atom stereocenters. The van der Waals surface area contributed by atoms with Crippen molar-refractivity contribution >= 4 is 17.7 Å². The Labute approximate surface area is 146 Å². The van der Waals surface area contributed by atoms with Crippen molar-refractivity contribution < 1.29 is 19.2 Å². The first-order valence-corrected chi connectivity index (χ1v) is 8.07. The van der Waals surface area contributed by atoms with Crippen molar-refractivity contribution in [2.75, 3.05) is 13.1 Å². The zero-order valence-electron chi connectivity index (χ0n) is 14.9. The van der Waals surface area contributed by atoms with Crippen LogP contribution >= 0.6 is 0 Å². The lowest BCUT2D eigenvalue weighted by atomic mass is 10.1. The summed E-state index contributed by atoms with van der Waals surface area (Å²) in [4.78, 5) is 37.9. The number of hydrogen-bond acceptors (Lipinski definition) is 5. The third-order valence-corrected chi connectivity index (χ3v) is 3.81. The molecular weight excluding hydrogens is 326 g/mol. The number of nitro benzene ring substituents is 1. The minimum atomic E-state index is -0.612. The predicted octanol–water partition coefficient (Wildman–Crippen LogP) is 2.56. The first-order valence-electron chi connectivity index (χ1n) is 8.07. The van der Waals surface area contributed by atoms with Crippen LogP contribution in [-0.4, -0.2) is 51.5 Å². The second kappa shape index (κ2) is 7.08. The molecule has 1 aromatic carbocycles. The molecule has 8 heteroatoms. The minimum Gasteiger partial charge on any atom is -0.444 e. The van der Waals surface area contributed by atoms with E-state index < -0.39 is 16.6 Å². The fraction of sp³-hybridized carbons (Fsp3) is 0.529. The summed E-state index contributed by atoms with van der Waals surface area (Å²) in [6.07, 6.45) is -0.498. The largest absolute Gasteiger partial charge is 0.444 e. The van der Waals surface area contributed by atoms with E-state index in [1.54, 1.807) is 37.8 Å². The summed E-state index contributed by atoms with van der Waals surface area (Å²) in [5.41, 5.74) is 0.202. The highest BCUT2D eigenvalue weighted by Crippen LogP contribution is 2.19. The molecule has 1 atom stereocenters. The van der Waals surface area contributed by atoms with Gasteiger partial charge in [-0.15, -0.1) is 0 Å². The van der Waals surface area contributed by atoms with E-state index in [0.717, 1.165) is 5.56 Å². The quantitative estimate of drug-likeness (QED) is 0.617. The second-order valence-corrected chi connectivity index (χ2v) is 7.16. The summed E-state index contributed by atoms with van der Waals surface area (Å²) in [5.74, 6) is -0.178. The number of rotatable bonds is 3. The molecule has 1 aliphatic heterocycles. The number of nitro groups is 1. The molecule has 1 heterocycles. The van der Waals surface area contributed by atoms with Crippen LogP contribution in [0.4, 0.5) is 10.5 Å². The summed E-state index contributed by atoms with van der Waals surface area (Å²) in [6.45, 7) is 7.89. The molecule has 136 valence electrons. The van der Waals surface area contributed by atoms with Crippen molar-refractivity contribution in [1.29, 1.82) is 0 Å². The van der Waals surface area contributed by atoms with Gasteiger partial charge in [0.1, 0.15) is 12.1 Å². The van der Waals surface area contributed by atoms with Gasteiger partial charge in [-0.3, -0.25) is 19.8 Å². The van der Waals surface area contributed by atoms with Crippen molar-refractivity contribution in [2.24, 2.45) is 0 Å². The third-order valence-electron chi connectivity index (χ3n) is 3.81. The van der Waals surface area contributed by atoms with E-state index in [4.69, 9.17) is 4.74 Å². The Morgan fingerprint density at radius 2 is 1.92 bits per heavy atom. The Bertz CT molecular complexity index is 666. The van der Waals surface area contributed by atoms with Crippen molar-refractivity contribution in [2.45, 2.75) is 45.9 Å². The van der Waals surface area contributed by atoms with Gasteiger partial charge in [-0.05, 0) is 33.3 Å². The molecule has 0 radical (unpaired) electrons. The first-order chi connectivity index (χ1) is 11.6. The van der Waals surface area contributed by atoms with Gasteiger partial charge in [0, 0.05) is 31.3 Å². The SMILES string of the molecule is CC1CN(C(=O)OC(C)(C)C)CC(=O)N1Cc1ccc([N+](=O)[O-])cc1. The highest BCUT2D eigenvalue weighted by atomic mass is 16.6. The first kappa shape index (κ1) is 18.7. The van der Waals surface area contributed by atoms with E-state index in [1.807, 2.05) is 6.92 Å². The molecule has 2 rings (SSSR count). The summed E-state index contributed by atoms with van der Waals surface area (Å²) < 4.78 is 5.32. The molecule has 1 aromatic rings. The zero-order chi connectivity index (χ0) is 18.8. The van der Waals surface area contributed by atoms with Gasteiger partial charge in [0.25, 0.3) is 5.69 Å². The average molecular weight is 349 g/mol. The maximum atomic E-state index is 12.4. The fourth-order valence-corrected chi connectivity index (χ4v) is 2.61. The van der Waals surface area contributed by atoms with Gasteiger partial charge >= 0.3 is 6.09 Å². The van der Waals surface area contributed by atoms with Crippen LogP contribution in [0, 0.1) is 10.1 Å². The van der Waals surface area contributed by atoms with Gasteiger partial charge < -0.3 is 9.64 Å². The Morgan fingerprint density at radius 3 is 2.40 bits per heavy atom. The maximum Gasteiger partial charge on any atom is 0.410 e. The average Bonchev–Trinajstić information content (AvgIpc) is 2.49. The molecule has 2 amide bonds. The third kappa shape index (κ3) is 4.91. The van der Waals surface area contributed by atoms with Crippen molar-refractivity contribution in [3.05, 3.63) is 39.9 Å². The molecule has 8 nitrogen and oxygen atoms in total. The molecule has 0 saturated carbocycles. The van der Waals surface area contributed by atoms with Crippen LogP contribution < -0.4 is 0 Å². The molecule has 1 saturated heterocycles. The molecule has 0 N–H and O–H groups in total. The highest BCUT2D eigenvalue weighted by Gasteiger charge is 2.34. The van der Waals surface area contributed by atoms with Crippen molar-refractivity contribution in [3.8, 4) is 0 Å². The lowest BCUT2D eigenvalue weighted by Crippen LogP contribution is -2.57. The maximum absolute atomic E-state index is 12.4. The Morgan fingerprint density at radius 1 is 1.32 bits per heavy atom. The van der Waals surface area contributed by atoms with E-state index >= 15 is 0 Å². The number of piperazine rings is 1. The summed E-state index contributed by atoms with van der Waals surface area (Å²) in [6, 6.07) is 5.93. The number of hydrogen-bond donors (Lipinski definition) is 0. The molecule has 1 fully saturated rings. The normalized spacial score (nSPS) is 18.2. The monoisotopic (exact) mass is 349 g/mol. The van der Waals surface area contributed by atoms with Crippen molar-refractivity contribution in [1.82, 2.24) is 9.80 Å². The summed E-state index contributed by atoms with van der Waals surface area (Å²) in [5, 5.41) is 10.7. The van der Waals surface area contributed by atoms with Gasteiger partial charge in [-0.1, -0.05) is 12.1 Å². The van der Waals surface area contributed by atoms with Crippen LogP contribution in [0.25, 0.3) is 0 Å². The second-order valence-electron chi connectivity index (χ2n) is 7.16. The summed E-state index contributed by atoms with van der Waals surface area (Å²) >= 11 is 0. The van der Waals surface area contributed by atoms with Crippen LogP contribution in [0.5, 0.6) is 0 Å². The van der Waals surface area contributed by atoms with E-state index in [0.29, 0.717) is 13.1 Å². The number of benzene rings is 1. The number of amides is 2. The van der Waals surface area contributed by atoms with Gasteiger partial charge in [-0.2, -0.15) is 0 Å². The molecule has 1 aliphatic rings. The topological polar surface area (TPSA) is 93.0 Å². The Balaban J connectivity index is 2.01. The number of ether oxygens (including phenoxy) is 1. The number of nitrogens with zero attached hydrogens (tertiary/aromatic N) is 3. The zero-order valence-corrected chi connectivity index (χ0v) is 14.9. The molecule has 25 heavy (non-hydrogen) atoms. The van der Waals surface area contributed by atoms with Crippen LogP contribution in [0.1, 0.15) is 33.3 Å². The van der Waals surface area contributed by atoms with Crippen LogP contribution in [-0.2, 0) is 16.1 Å². The predicted molar refractivity (Wildman–Crippen MR) is 90.9 cm³/mol. The van der Waals surface area contributed by atoms with Gasteiger partial charge in [0.2, 0.25) is 5.91 Å². The van der Waals surface area contributed by atoms with Gasteiger partial charge in [0.15, 0.2) is 0 Å². The minimum absolute atomic E-state index is 0.0119. The number of carbonyl (C=O) groups excluding carboxylic acids is 2.